The third kappa shape index (κ3) is 3.20. The number of rotatable bonds is 7. The molecule has 4 heteroatoms. The molecule has 1 fully saturated rings. The van der Waals surface area contributed by atoms with Crippen LogP contribution in [0.15, 0.2) is 36.8 Å². The van der Waals surface area contributed by atoms with Crippen LogP contribution in [0.3, 0.4) is 0 Å². The van der Waals surface area contributed by atoms with Crippen molar-refractivity contribution in [3.63, 3.8) is 0 Å². The normalized spacial score (nSPS) is 14.4. The number of aromatic nitrogens is 2. The number of nitrogens with one attached hydrogen (secondary N) is 1. The van der Waals surface area contributed by atoms with E-state index in [2.05, 4.69) is 33.9 Å². The molecule has 1 aromatic carbocycles. The Balaban J connectivity index is 1.61. The van der Waals surface area contributed by atoms with Crippen molar-refractivity contribution in [2.45, 2.75) is 39.0 Å². The van der Waals surface area contributed by atoms with Crippen LogP contribution in [0.5, 0.6) is 5.75 Å². The van der Waals surface area contributed by atoms with E-state index < -0.39 is 0 Å². The smallest absolute Gasteiger partial charge is 0.130 e. The third-order valence-electron chi connectivity index (χ3n) is 3.55. The molecule has 1 heterocycles. The lowest BCUT2D eigenvalue weighted by atomic mass is 10.2. The molecule has 106 valence electrons. The summed E-state index contributed by atoms with van der Waals surface area (Å²) in [6.07, 6.45) is 6.35. The zero-order chi connectivity index (χ0) is 13.8. The van der Waals surface area contributed by atoms with Gasteiger partial charge in [-0.05, 0) is 37.1 Å². The fraction of sp³-hybridized carbons (Fsp3) is 0.438. The molecule has 0 aliphatic heterocycles. The van der Waals surface area contributed by atoms with E-state index in [9.17, 15) is 0 Å². The molecule has 20 heavy (non-hydrogen) atoms. The molecule has 2 aromatic rings. The van der Waals surface area contributed by atoms with Crippen LogP contribution in [0.1, 0.15) is 37.1 Å². The molecule has 1 aliphatic carbocycles. The largest absolute Gasteiger partial charge is 0.487 e. The highest BCUT2D eigenvalue weighted by Gasteiger charge is 2.25. The average molecular weight is 271 g/mol. The zero-order valence-electron chi connectivity index (χ0n) is 11.9. The quantitative estimate of drug-likeness (QED) is 0.841. The number of ether oxygens (including phenoxy) is 1. The van der Waals surface area contributed by atoms with Crippen molar-refractivity contribution in [1.29, 1.82) is 0 Å². The summed E-state index contributed by atoms with van der Waals surface area (Å²) in [5.41, 5.74) is 2.41. The molecule has 1 aliphatic rings. The summed E-state index contributed by atoms with van der Waals surface area (Å²) in [5.74, 6) is 0.920. The summed E-state index contributed by atoms with van der Waals surface area (Å²) in [6, 6.07) is 8.91. The maximum Gasteiger partial charge on any atom is 0.130 e. The molecule has 0 unspecified atom stereocenters. The Morgan fingerprint density at radius 2 is 2.30 bits per heavy atom. The van der Waals surface area contributed by atoms with Crippen LogP contribution >= 0.6 is 0 Å². The van der Waals surface area contributed by atoms with Gasteiger partial charge in [0, 0.05) is 12.6 Å². The number of benzene rings is 1. The fourth-order valence-corrected chi connectivity index (χ4v) is 2.30. The predicted molar refractivity (Wildman–Crippen MR) is 78.7 cm³/mol. The molecular weight excluding hydrogens is 250 g/mol. The zero-order valence-corrected chi connectivity index (χ0v) is 11.9. The van der Waals surface area contributed by atoms with Crippen molar-refractivity contribution in [3.8, 4) is 5.75 Å². The van der Waals surface area contributed by atoms with E-state index >= 15 is 0 Å². The van der Waals surface area contributed by atoms with Gasteiger partial charge in [-0.2, -0.15) is 0 Å². The number of nitrogens with zero attached hydrogens (tertiary/aromatic N) is 2. The van der Waals surface area contributed by atoms with Gasteiger partial charge in [-0.15, -0.1) is 0 Å². The Morgan fingerprint density at radius 3 is 3.10 bits per heavy atom. The molecule has 1 aromatic heterocycles. The van der Waals surface area contributed by atoms with Crippen molar-refractivity contribution in [2.24, 2.45) is 0 Å². The molecule has 0 radical (unpaired) electrons. The molecule has 1 saturated carbocycles. The van der Waals surface area contributed by atoms with E-state index in [1.165, 1.54) is 18.4 Å². The molecule has 0 atom stereocenters. The molecule has 3 rings (SSSR count). The van der Waals surface area contributed by atoms with Gasteiger partial charge in [-0.3, -0.25) is 0 Å². The van der Waals surface area contributed by atoms with Gasteiger partial charge in [0.05, 0.1) is 18.2 Å². The summed E-state index contributed by atoms with van der Waals surface area (Å²) < 4.78 is 8.14. The first kappa shape index (κ1) is 13.2. The first-order valence-electron chi connectivity index (χ1n) is 7.30. The lowest BCUT2D eigenvalue weighted by Crippen LogP contribution is -2.11. The average Bonchev–Trinajstić information content (AvgIpc) is 3.22. The minimum absolute atomic E-state index is 0.584. The number of hydrogen-bond donors (Lipinski definition) is 1. The second-order valence-electron chi connectivity index (χ2n) is 5.24. The summed E-state index contributed by atoms with van der Waals surface area (Å²) in [6.45, 7) is 4.56. The molecule has 1 N–H and O–H groups in total. The summed E-state index contributed by atoms with van der Waals surface area (Å²) in [7, 11) is 0. The summed E-state index contributed by atoms with van der Waals surface area (Å²) in [4.78, 5) is 4.23. The van der Waals surface area contributed by atoms with E-state index in [0.717, 1.165) is 24.5 Å². The molecule has 4 nitrogen and oxygen atoms in total. The number of imidazole rings is 1. The van der Waals surface area contributed by atoms with Crippen molar-refractivity contribution in [3.05, 3.63) is 48.0 Å². The maximum atomic E-state index is 5.90. The lowest BCUT2D eigenvalue weighted by molar-refractivity contribution is 0.294. The molecule has 0 bridgehead atoms. The predicted octanol–water partition coefficient (Wildman–Crippen LogP) is 2.91. The van der Waals surface area contributed by atoms with Crippen LogP contribution in [-0.2, 0) is 13.2 Å². The van der Waals surface area contributed by atoms with Crippen LogP contribution in [0.25, 0.3) is 0 Å². The van der Waals surface area contributed by atoms with Gasteiger partial charge in [-0.1, -0.05) is 19.1 Å². The highest BCUT2D eigenvalue weighted by Crippen LogP contribution is 2.35. The minimum Gasteiger partial charge on any atom is -0.487 e. The van der Waals surface area contributed by atoms with Crippen LogP contribution in [0.2, 0.25) is 0 Å². The van der Waals surface area contributed by atoms with Crippen molar-refractivity contribution < 1.29 is 4.74 Å². The van der Waals surface area contributed by atoms with Crippen molar-refractivity contribution >= 4 is 0 Å². The number of hydrogen-bond acceptors (Lipinski definition) is 3. The second-order valence-corrected chi connectivity index (χ2v) is 5.24. The molecule has 0 saturated heterocycles. The van der Waals surface area contributed by atoms with E-state index in [1.54, 1.807) is 0 Å². The molecule has 0 amide bonds. The van der Waals surface area contributed by atoms with E-state index in [1.807, 2.05) is 24.7 Å². The topological polar surface area (TPSA) is 39.1 Å². The second kappa shape index (κ2) is 6.09. The lowest BCUT2D eigenvalue weighted by Gasteiger charge is -2.10. The van der Waals surface area contributed by atoms with Gasteiger partial charge in [-0.25, -0.2) is 4.98 Å². The minimum atomic E-state index is 0.584. The highest BCUT2D eigenvalue weighted by atomic mass is 16.5. The molecular formula is C16H21N3O. The molecule has 0 spiro atoms. The van der Waals surface area contributed by atoms with Crippen LogP contribution in [-0.4, -0.2) is 16.1 Å². The Hall–Kier alpha value is -1.81. The van der Waals surface area contributed by atoms with E-state index in [0.29, 0.717) is 12.6 Å². The Bertz CT molecular complexity index is 560. The third-order valence-corrected chi connectivity index (χ3v) is 3.55. The Labute approximate surface area is 119 Å². The van der Waals surface area contributed by atoms with Gasteiger partial charge in [0.25, 0.3) is 0 Å². The van der Waals surface area contributed by atoms with Gasteiger partial charge in [0.2, 0.25) is 0 Å². The SMILES string of the molecule is CCNCc1cccc(OCc2cncn2C2CC2)c1. The highest BCUT2D eigenvalue weighted by molar-refractivity contribution is 5.28. The van der Waals surface area contributed by atoms with E-state index in [4.69, 9.17) is 4.74 Å². The van der Waals surface area contributed by atoms with E-state index in [-0.39, 0.29) is 0 Å². The standard InChI is InChI=1S/C16H21N3O/c1-2-17-9-13-4-3-5-16(8-13)20-11-15-10-18-12-19(15)14-6-7-14/h3-5,8,10,12,14,17H,2,6-7,9,11H2,1H3. The van der Waals surface area contributed by atoms with Crippen LogP contribution < -0.4 is 10.1 Å². The van der Waals surface area contributed by atoms with Crippen molar-refractivity contribution in [2.75, 3.05) is 6.54 Å². The Morgan fingerprint density at radius 1 is 1.40 bits per heavy atom. The summed E-state index contributed by atoms with van der Waals surface area (Å²) in [5, 5.41) is 3.32. The monoisotopic (exact) mass is 271 g/mol. The first-order chi connectivity index (χ1) is 9.86. The van der Waals surface area contributed by atoms with Gasteiger partial charge in [0.1, 0.15) is 12.4 Å². The maximum absolute atomic E-state index is 5.90. The van der Waals surface area contributed by atoms with Crippen LogP contribution in [0, 0.1) is 0 Å². The van der Waals surface area contributed by atoms with Gasteiger partial charge >= 0.3 is 0 Å². The first-order valence-corrected chi connectivity index (χ1v) is 7.30. The van der Waals surface area contributed by atoms with Crippen molar-refractivity contribution in [1.82, 2.24) is 14.9 Å². The Kier molecular flexibility index (Phi) is 4.02. The fourth-order valence-electron chi connectivity index (χ4n) is 2.30. The van der Waals surface area contributed by atoms with Gasteiger partial charge in [0.15, 0.2) is 0 Å². The van der Waals surface area contributed by atoms with Crippen LogP contribution in [0.4, 0.5) is 0 Å². The van der Waals surface area contributed by atoms with Gasteiger partial charge < -0.3 is 14.6 Å². The summed E-state index contributed by atoms with van der Waals surface area (Å²) >= 11 is 0.